The van der Waals surface area contributed by atoms with E-state index < -0.39 is 0 Å². The van der Waals surface area contributed by atoms with E-state index in [0.29, 0.717) is 0 Å². The number of H-pyrrole nitrogens is 1. The van der Waals surface area contributed by atoms with Crippen molar-refractivity contribution in [1.82, 2.24) is 15.3 Å². The molecule has 25 heavy (non-hydrogen) atoms. The molecule has 0 aliphatic rings. The van der Waals surface area contributed by atoms with Crippen LogP contribution in [0.15, 0.2) is 47.5 Å². The highest BCUT2D eigenvalue weighted by Gasteiger charge is 2.09. The van der Waals surface area contributed by atoms with E-state index in [1.807, 2.05) is 32.2 Å². The van der Waals surface area contributed by atoms with Crippen molar-refractivity contribution in [3.05, 3.63) is 74.8 Å². The maximum atomic E-state index is 11.9. The van der Waals surface area contributed by atoms with Gasteiger partial charge in [0.15, 0.2) is 0 Å². The summed E-state index contributed by atoms with van der Waals surface area (Å²) >= 11 is 1.77. The van der Waals surface area contributed by atoms with Crippen LogP contribution in [0.4, 0.5) is 0 Å². The standard InChI is InChI=1S/C20H23N3OS/c1-3-16-11-18(14(2)23-20(16)24)19-7-6-17(25-19)13-22-10-8-15-5-4-9-21-12-15/h4-7,9,11-12,22H,3,8,10,13H2,1-2H3,(H,23,24). The Morgan fingerprint density at radius 1 is 1.28 bits per heavy atom. The van der Waals surface area contributed by atoms with Crippen molar-refractivity contribution in [2.24, 2.45) is 0 Å². The lowest BCUT2D eigenvalue weighted by atomic mass is 10.1. The molecule has 0 saturated carbocycles. The molecule has 3 rings (SSSR count). The first-order chi connectivity index (χ1) is 12.2. The van der Waals surface area contributed by atoms with Gasteiger partial charge in [0.2, 0.25) is 0 Å². The fourth-order valence-corrected chi connectivity index (χ4v) is 3.84. The Hall–Kier alpha value is -2.24. The lowest BCUT2D eigenvalue weighted by Crippen LogP contribution is -2.15. The second-order valence-electron chi connectivity index (χ2n) is 6.07. The minimum absolute atomic E-state index is 0.0256. The smallest absolute Gasteiger partial charge is 0.251 e. The number of aryl methyl sites for hydroxylation is 2. The third kappa shape index (κ3) is 4.44. The quantitative estimate of drug-likeness (QED) is 0.637. The van der Waals surface area contributed by atoms with E-state index in [1.54, 1.807) is 17.5 Å². The molecule has 3 heterocycles. The van der Waals surface area contributed by atoms with E-state index in [-0.39, 0.29) is 5.56 Å². The molecule has 5 heteroatoms. The normalized spacial score (nSPS) is 11.0. The van der Waals surface area contributed by atoms with Gasteiger partial charge in [-0.3, -0.25) is 9.78 Å². The van der Waals surface area contributed by atoms with Crippen molar-refractivity contribution in [2.45, 2.75) is 33.2 Å². The first kappa shape index (κ1) is 17.6. The zero-order valence-electron chi connectivity index (χ0n) is 14.6. The van der Waals surface area contributed by atoms with E-state index in [2.05, 4.69) is 33.5 Å². The van der Waals surface area contributed by atoms with E-state index in [4.69, 9.17) is 0 Å². The van der Waals surface area contributed by atoms with Crippen LogP contribution in [0.25, 0.3) is 10.4 Å². The average Bonchev–Trinajstić information content (AvgIpc) is 3.08. The summed E-state index contributed by atoms with van der Waals surface area (Å²) in [5, 5.41) is 3.49. The van der Waals surface area contributed by atoms with Gasteiger partial charge >= 0.3 is 0 Å². The Morgan fingerprint density at radius 2 is 2.16 bits per heavy atom. The summed E-state index contributed by atoms with van der Waals surface area (Å²) in [5.74, 6) is 0. The highest BCUT2D eigenvalue weighted by atomic mass is 32.1. The number of rotatable bonds is 7. The van der Waals surface area contributed by atoms with Gasteiger partial charge in [0.1, 0.15) is 0 Å². The molecular formula is C20H23N3OS. The molecule has 0 amide bonds. The maximum Gasteiger partial charge on any atom is 0.251 e. The molecule has 0 bridgehead atoms. The molecule has 0 aliphatic carbocycles. The van der Waals surface area contributed by atoms with Crippen molar-refractivity contribution in [3.63, 3.8) is 0 Å². The first-order valence-electron chi connectivity index (χ1n) is 8.59. The number of aromatic amines is 1. The van der Waals surface area contributed by atoms with Crippen LogP contribution >= 0.6 is 11.3 Å². The molecule has 2 N–H and O–H groups in total. The molecule has 0 radical (unpaired) electrons. The fraction of sp³-hybridized carbons (Fsp3) is 0.300. The Morgan fingerprint density at radius 3 is 2.92 bits per heavy atom. The van der Waals surface area contributed by atoms with Gasteiger partial charge in [-0.15, -0.1) is 11.3 Å². The number of nitrogens with zero attached hydrogens (tertiary/aromatic N) is 1. The number of hydrogen-bond acceptors (Lipinski definition) is 4. The lowest BCUT2D eigenvalue weighted by molar-refractivity contribution is 0.692. The van der Waals surface area contributed by atoms with Gasteiger partial charge in [0.05, 0.1) is 0 Å². The SMILES string of the molecule is CCc1cc(-c2ccc(CNCCc3cccnc3)s2)c(C)[nH]c1=O. The number of hydrogen-bond donors (Lipinski definition) is 2. The van der Waals surface area contributed by atoms with Gasteiger partial charge in [0, 0.05) is 45.5 Å². The van der Waals surface area contributed by atoms with E-state index in [1.165, 1.54) is 15.3 Å². The average molecular weight is 353 g/mol. The summed E-state index contributed by atoms with van der Waals surface area (Å²) in [6.07, 6.45) is 5.43. The highest BCUT2D eigenvalue weighted by Crippen LogP contribution is 2.29. The van der Waals surface area contributed by atoms with Gasteiger partial charge in [-0.05, 0) is 56.1 Å². The van der Waals surface area contributed by atoms with Crippen LogP contribution in [-0.4, -0.2) is 16.5 Å². The van der Waals surface area contributed by atoms with Crippen LogP contribution in [0.1, 0.15) is 28.6 Å². The van der Waals surface area contributed by atoms with Crippen molar-refractivity contribution >= 4 is 11.3 Å². The first-order valence-corrected chi connectivity index (χ1v) is 9.40. The number of pyridine rings is 2. The van der Waals surface area contributed by atoms with Crippen LogP contribution in [0.5, 0.6) is 0 Å². The number of nitrogens with one attached hydrogen (secondary N) is 2. The Balaban J connectivity index is 1.62. The molecule has 0 unspecified atom stereocenters. The molecule has 0 saturated heterocycles. The highest BCUT2D eigenvalue weighted by molar-refractivity contribution is 7.15. The lowest BCUT2D eigenvalue weighted by Gasteiger charge is -2.06. The monoisotopic (exact) mass is 353 g/mol. The summed E-state index contributed by atoms with van der Waals surface area (Å²) in [5.41, 5.74) is 4.17. The number of aromatic nitrogens is 2. The van der Waals surface area contributed by atoms with E-state index in [0.717, 1.165) is 42.8 Å². The minimum atomic E-state index is 0.0256. The Labute approximate surface area is 152 Å². The summed E-state index contributed by atoms with van der Waals surface area (Å²) in [6, 6.07) is 10.4. The third-order valence-electron chi connectivity index (χ3n) is 4.24. The predicted octanol–water partition coefficient (Wildman–Crippen LogP) is 3.70. The fourth-order valence-electron chi connectivity index (χ4n) is 2.79. The van der Waals surface area contributed by atoms with Crippen LogP contribution < -0.4 is 10.9 Å². The Kier molecular flexibility index (Phi) is 5.79. The van der Waals surface area contributed by atoms with Crippen LogP contribution in [0.2, 0.25) is 0 Å². The van der Waals surface area contributed by atoms with Gasteiger partial charge in [-0.1, -0.05) is 13.0 Å². The molecule has 130 valence electrons. The van der Waals surface area contributed by atoms with Crippen molar-refractivity contribution in [2.75, 3.05) is 6.54 Å². The summed E-state index contributed by atoms with van der Waals surface area (Å²) < 4.78 is 0. The summed E-state index contributed by atoms with van der Waals surface area (Å²) in [7, 11) is 0. The molecular weight excluding hydrogens is 330 g/mol. The molecule has 4 nitrogen and oxygen atoms in total. The van der Waals surface area contributed by atoms with Crippen molar-refractivity contribution in [3.8, 4) is 10.4 Å². The molecule has 0 spiro atoms. The minimum Gasteiger partial charge on any atom is -0.326 e. The predicted molar refractivity (Wildman–Crippen MR) is 104 cm³/mol. The van der Waals surface area contributed by atoms with E-state index >= 15 is 0 Å². The molecule has 0 fully saturated rings. The Bertz CT molecular complexity index is 883. The van der Waals surface area contributed by atoms with Gasteiger partial charge in [-0.25, -0.2) is 0 Å². The summed E-state index contributed by atoms with van der Waals surface area (Å²) in [6.45, 7) is 5.75. The van der Waals surface area contributed by atoms with Gasteiger partial charge in [-0.2, -0.15) is 0 Å². The molecule has 0 aromatic carbocycles. The van der Waals surface area contributed by atoms with Crippen molar-refractivity contribution in [1.29, 1.82) is 0 Å². The second kappa shape index (κ2) is 8.23. The topological polar surface area (TPSA) is 57.8 Å². The van der Waals surface area contributed by atoms with Gasteiger partial charge in [0.25, 0.3) is 5.56 Å². The largest absolute Gasteiger partial charge is 0.326 e. The molecule has 3 aromatic rings. The second-order valence-corrected chi connectivity index (χ2v) is 7.24. The van der Waals surface area contributed by atoms with Crippen LogP contribution in [0.3, 0.4) is 0 Å². The van der Waals surface area contributed by atoms with Crippen LogP contribution in [0, 0.1) is 6.92 Å². The maximum absolute atomic E-state index is 11.9. The van der Waals surface area contributed by atoms with Gasteiger partial charge < -0.3 is 10.3 Å². The van der Waals surface area contributed by atoms with Crippen LogP contribution in [-0.2, 0) is 19.4 Å². The molecule has 0 atom stereocenters. The van der Waals surface area contributed by atoms with E-state index in [9.17, 15) is 4.79 Å². The zero-order valence-corrected chi connectivity index (χ0v) is 15.5. The summed E-state index contributed by atoms with van der Waals surface area (Å²) in [4.78, 5) is 21.5. The zero-order chi connectivity index (χ0) is 17.6. The third-order valence-corrected chi connectivity index (χ3v) is 5.35. The molecule has 0 aliphatic heterocycles. The van der Waals surface area contributed by atoms with Crippen molar-refractivity contribution < 1.29 is 0 Å². The number of thiophene rings is 1. The molecule has 3 aromatic heterocycles.